The van der Waals surface area contributed by atoms with Gasteiger partial charge in [-0.15, -0.1) is 11.3 Å². The lowest BCUT2D eigenvalue weighted by molar-refractivity contribution is -0.123. The molecule has 1 N–H and O–H groups in total. The molecule has 3 heterocycles. The molecule has 0 aliphatic carbocycles. The second kappa shape index (κ2) is 5.63. The van der Waals surface area contributed by atoms with Crippen molar-refractivity contribution in [1.82, 2.24) is 10.2 Å². The Hall–Kier alpha value is -1.24. The van der Waals surface area contributed by atoms with E-state index in [0.29, 0.717) is 17.4 Å². The number of aryl methyl sites for hydroxylation is 1. The number of nitrogens with zero attached hydrogens (tertiary/aromatic N) is 1. The Labute approximate surface area is 127 Å². The first-order chi connectivity index (χ1) is 9.65. The van der Waals surface area contributed by atoms with Crippen molar-refractivity contribution in [3.05, 3.63) is 27.6 Å². The van der Waals surface area contributed by atoms with Crippen LogP contribution in [0, 0.1) is 6.92 Å². The van der Waals surface area contributed by atoms with E-state index < -0.39 is 0 Å². The van der Waals surface area contributed by atoms with Gasteiger partial charge in [-0.25, -0.2) is 0 Å². The Kier molecular flexibility index (Phi) is 3.87. The van der Waals surface area contributed by atoms with Gasteiger partial charge in [0.25, 0.3) is 5.91 Å². The highest BCUT2D eigenvalue weighted by molar-refractivity contribution is 7.80. The molecule has 2 fully saturated rings. The standard InChI is InChI=1S/C14H16N2O2S2/c1-9-4-6-20-12(9)7-11-13(17)16(14(19)15-11)8-10-3-2-5-18-10/h4,6-7,10H,2-3,5,8H2,1H3,(H,15,19)/b11-7-/t10-/m0/s1. The molecule has 2 aliphatic rings. The van der Waals surface area contributed by atoms with Crippen molar-refractivity contribution in [3.8, 4) is 0 Å². The molecule has 0 radical (unpaired) electrons. The number of hydrogen-bond acceptors (Lipinski definition) is 4. The Morgan fingerprint density at radius 1 is 1.65 bits per heavy atom. The van der Waals surface area contributed by atoms with Crippen LogP contribution in [0.4, 0.5) is 0 Å². The fraction of sp³-hybridized carbons (Fsp3) is 0.429. The molecular weight excluding hydrogens is 292 g/mol. The normalized spacial score (nSPS) is 24.8. The molecule has 20 heavy (non-hydrogen) atoms. The van der Waals surface area contributed by atoms with Crippen LogP contribution in [0.2, 0.25) is 0 Å². The van der Waals surface area contributed by atoms with Crippen molar-refractivity contribution >= 4 is 40.7 Å². The third-order valence-electron chi connectivity index (χ3n) is 3.55. The van der Waals surface area contributed by atoms with Crippen LogP contribution in [0.1, 0.15) is 23.3 Å². The Bertz CT molecular complexity index is 573. The Balaban J connectivity index is 1.76. The maximum Gasteiger partial charge on any atom is 0.276 e. The average molecular weight is 308 g/mol. The summed E-state index contributed by atoms with van der Waals surface area (Å²) in [6, 6.07) is 2.04. The van der Waals surface area contributed by atoms with Gasteiger partial charge in [-0.2, -0.15) is 0 Å². The van der Waals surface area contributed by atoms with E-state index in [9.17, 15) is 4.79 Å². The summed E-state index contributed by atoms with van der Waals surface area (Å²) in [4.78, 5) is 15.1. The van der Waals surface area contributed by atoms with Gasteiger partial charge in [-0.1, -0.05) is 0 Å². The number of rotatable bonds is 3. The van der Waals surface area contributed by atoms with Crippen LogP contribution >= 0.6 is 23.6 Å². The summed E-state index contributed by atoms with van der Waals surface area (Å²) in [7, 11) is 0. The molecule has 2 saturated heterocycles. The highest BCUT2D eigenvalue weighted by Gasteiger charge is 2.33. The van der Waals surface area contributed by atoms with Crippen LogP contribution < -0.4 is 5.32 Å². The largest absolute Gasteiger partial charge is 0.376 e. The molecule has 4 nitrogen and oxygen atoms in total. The monoisotopic (exact) mass is 308 g/mol. The topological polar surface area (TPSA) is 41.6 Å². The van der Waals surface area contributed by atoms with E-state index in [1.807, 2.05) is 24.4 Å². The quantitative estimate of drug-likeness (QED) is 0.687. The lowest BCUT2D eigenvalue weighted by atomic mass is 10.2. The SMILES string of the molecule is Cc1ccsc1/C=C1\NC(=S)N(C[C@@H]2CCCO2)C1=O. The zero-order valence-corrected chi connectivity index (χ0v) is 12.9. The van der Waals surface area contributed by atoms with Crippen LogP contribution in [0.15, 0.2) is 17.1 Å². The van der Waals surface area contributed by atoms with Gasteiger partial charge in [0.05, 0.1) is 12.6 Å². The molecule has 0 unspecified atom stereocenters. The van der Waals surface area contributed by atoms with Crippen LogP contribution in [0.5, 0.6) is 0 Å². The number of ether oxygens (including phenoxy) is 1. The van der Waals surface area contributed by atoms with E-state index in [0.717, 1.165) is 24.3 Å². The predicted octanol–water partition coefficient (Wildman–Crippen LogP) is 2.29. The molecule has 1 aromatic heterocycles. The van der Waals surface area contributed by atoms with Crippen molar-refractivity contribution in [1.29, 1.82) is 0 Å². The maximum absolute atomic E-state index is 12.4. The van der Waals surface area contributed by atoms with Crippen LogP contribution in [-0.2, 0) is 9.53 Å². The van der Waals surface area contributed by atoms with Crippen molar-refractivity contribution in [2.24, 2.45) is 0 Å². The van der Waals surface area contributed by atoms with Gasteiger partial charge in [0.15, 0.2) is 5.11 Å². The molecule has 2 aliphatic heterocycles. The molecule has 106 valence electrons. The van der Waals surface area contributed by atoms with Gasteiger partial charge in [0.1, 0.15) is 5.70 Å². The number of amides is 1. The molecule has 1 atom stereocenters. The maximum atomic E-state index is 12.4. The lowest BCUT2D eigenvalue weighted by Crippen LogP contribution is -2.37. The van der Waals surface area contributed by atoms with Crippen molar-refractivity contribution in [2.45, 2.75) is 25.9 Å². The highest BCUT2D eigenvalue weighted by Crippen LogP contribution is 2.22. The second-order valence-electron chi connectivity index (χ2n) is 5.01. The molecule has 3 rings (SSSR count). The summed E-state index contributed by atoms with van der Waals surface area (Å²) in [5, 5.41) is 5.51. The number of nitrogens with one attached hydrogen (secondary N) is 1. The molecular formula is C14H16N2O2S2. The molecule has 0 spiro atoms. The van der Waals surface area contributed by atoms with Crippen molar-refractivity contribution in [3.63, 3.8) is 0 Å². The number of carbonyl (C=O) groups is 1. The fourth-order valence-electron chi connectivity index (χ4n) is 2.39. The minimum absolute atomic E-state index is 0.0571. The Morgan fingerprint density at radius 2 is 2.50 bits per heavy atom. The molecule has 0 bridgehead atoms. The third-order valence-corrected chi connectivity index (χ3v) is 4.84. The summed E-state index contributed by atoms with van der Waals surface area (Å²) in [6.07, 6.45) is 4.05. The minimum Gasteiger partial charge on any atom is -0.376 e. The number of thiophene rings is 1. The lowest BCUT2D eigenvalue weighted by Gasteiger charge is -2.18. The van der Waals surface area contributed by atoms with Crippen LogP contribution in [-0.4, -0.2) is 35.2 Å². The van der Waals surface area contributed by atoms with E-state index in [4.69, 9.17) is 17.0 Å². The van der Waals surface area contributed by atoms with E-state index in [1.165, 1.54) is 5.56 Å². The zero-order valence-electron chi connectivity index (χ0n) is 11.2. The minimum atomic E-state index is -0.0571. The Morgan fingerprint density at radius 3 is 3.15 bits per heavy atom. The van der Waals surface area contributed by atoms with Crippen molar-refractivity contribution < 1.29 is 9.53 Å². The first kappa shape index (κ1) is 13.7. The van der Waals surface area contributed by atoms with E-state index in [2.05, 4.69) is 5.32 Å². The smallest absolute Gasteiger partial charge is 0.276 e. The van der Waals surface area contributed by atoms with Gasteiger partial charge in [0.2, 0.25) is 0 Å². The molecule has 0 saturated carbocycles. The molecule has 1 aromatic rings. The summed E-state index contributed by atoms with van der Waals surface area (Å²) >= 11 is 6.88. The van der Waals surface area contributed by atoms with Crippen molar-refractivity contribution in [2.75, 3.05) is 13.2 Å². The summed E-state index contributed by atoms with van der Waals surface area (Å²) in [6.45, 7) is 3.36. The number of hydrogen-bond donors (Lipinski definition) is 1. The fourth-order valence-corrected chi connectivity index (χ4v) is 3.52. The van der Waals surface area contributed by atoms with Gasteiger partial charge >= 0.3 is 0 Å². The molecule has 0 aromatic carbocycles. The van der Waals surface area contributed by atoms with E-state index >= 15 is 0 Å². The highest BCUT2D eigenvalue weighted by atomic mass is 32.1. The van der Waals surface area contributed by atoms with Crippen LogP contribution in [0.3, 0.4) is 0 Å². The second-order valence-corrected chi connectivity index (χ2v) is 6.34. The van der Waals surface area contributed by atoms with Gasteiger partial charge in [-0.3, -0.25) is 9.69 Å². The first-order valence-electron chi connectivity index (χ1n) is 6.65. The van der Waals surface area contributed by atoms with E-state index in [-0.39, 0.29) is 12.0 Å². The predicted molar refractivity (Wildman–Crippen MR) is 83.5 cm³/mol. The number of thiocarbonyl (C=S) groups is 1. The number of carbonyl (C=O) groups excluding carboxylic acids is 1. The summed E-state index contributed by atoms with van der Waals surface area (Å²) in [5.41, 5.74) is 1.72. The van der Waals surface area contributed by atoms with Gasteiger partial charge in [0, 0.05) is 11.5 Å². The van der Waals surface area contributed by atoms with Crippen LogP contribution in [0.25, 0.3) is 6.08 Å². The van der Waals surface area contributed by atoms with E-state index in [1.54, 1.807) is 16.2 Å². The molecule has 1 amide bonds. The first-order valence-corrected chi connectivity index (χ1v) is 7.94. The van der Waals surface area contributed by atoms with Gasteiger partial charge in [-0.05, 0) is 55.1 Å². The zero-order chi connectivity index (χ0) is 14.1. The van der Waals surface area contributed by atoms with Gasteiger partial charge < -0.3 is 10.1 Å². The summed E-state index contributed by atoms with van der Waals surface area (Å²) in [5.74, 6) is -0.0571. The third kappa shape index (κ3) is 2.63. The average Bonchev–Trinajstić information content (AvgIpc) is 3.11. The summed E-state index contributed by atoms with van der Waals surface area (Å²) < 4.78 is 5.57. The molecule has 6 heteroatoms.